The highest BCUT2D eigenvalue weighted by molar-refractivity contribution is 5.78. The third-order valence-electron chi connectivity index (χ3n) is 3.24. The van der Waals surface area contributed by atoms with Gasteiger partial charge >= 0.3 is 0 Å². The Balaban J connectivity index is 1.72. The molecule has 0 atom stereocenters. The summed E-state index contributed by atoms with van der Waals surface area (Å²) >= 11 is 0. The molecule has 0 aliphatic heterocycles. The van der Waals surface area contributed by atoms with Crippen LogP contribution in [0.4, 0.5) is 5.95 Å². The molecule has 4 nitrogen and oxygen atoms in total. The fourth-order valence-electron chi connectivity index (χ4n) is 2.23. The zero-order valence-corrected chi connectivity index (χ0v) is 11.9. The zero-order chi connectivity index (χ0) is 14.5. The van der Waals surface area contributed by atoms with E-state index in [1.165, 1.54) is 5.56 Å². The van der Waals surface area contributed by atoms with Crippen LogP contribution in [0.15, 0.2) is 54.7 Å². The number of para-hydroxylation sites is 1. The summed E-state index contributed by atoms with van der Waals surface area (Å²) in [7, 11) is 1.70. The molecule has 1 heterocycles. The number of fused-ring (bicyclic) bond motifs is 1. The van der Waals surface area contributed by atoms with E-state index >= 15 is 0 Å². The Bertz CT molecular complexity index is 743. The average Bonchev–Trinajstić information content (AvgIpc) is 2.53. The predicted molar refractivity (Wildman–Crippen MR) is 84.0 cm³/mol. The second-order valence-corrected chi connectivity index (χ2v) is 4.86. The van der Waals surface area contributed by atoms with Crippen LogP contribution in [0.3, 0.4) is 0 Å². The molecule has 0 bridgehead atoms. The third kappa shape index (κ3) is 3.35. The molecular weight excluding hydrogens is 262 g/mol. The minimum atomic E-state index is 0.625. The van der Waals surface area contributed by atoms with Crippen LogP contribution < -0.4 is 5.32 Å². The van der Waals surface area contributed by atoms with Crippen molar-refractivity contribution in [3.63, 3.8) is 0 Å². The minimum Gasteiger partial charge on any atom is -0.380 e. The van der Waals surface area contributed by atoms with Crippen LogP contribution in [-0.2, 0) is 17.9 Å². The van der Waals surface area contributed by atoms with Crippen LogP contribution in [0.2, 0.25) is 0 Å². The van der Waals surface area contributed by atoms with Crippen LogP contribution in [0.25, 0.3) is 10.9 Å². The van der Waals surface area contributed by atoms with Gasteiger partial charge in [-0.3, -0.25) is 0 Å². The number of aromatic nitrogens is 2. The number of nitrogens with one attached hydrogen (secondary N) is 1. The molecule has 0 aliphatic carbocycles. The van der Waals surface area contributed by atoms with E-state index in [2.05, 4.69) is 33.5 Å². The van der Waals surface area contributed by atoms with Gasteiger partial charge in [-0.1, -0.05) is 42.5 Å². The van der Waals surface area contributed by atoms with Crippen molar-refractivity contribution in [2.24, 2.45) is 0 Å². The van der Waals surface area contributed by atoms with Gasteiger partial charge in [0.1, 0.15) is 0 Å². The van der Waals surface area contributed by atoms with Crippen LogP contribution in [0.1, 0.15) is 11.1 Å². The lowest BCUT2D eigenvalue weighted by molar-refractivity contribution is 0.185. The van der Waals surface area contributed by atoms with E-state index in [0.29, 0.717) is 19.1 Å². The van der Waals surface area contributed by atoms with Crippen molar-refractivity contribution in [2.75, 3.05) is 12.4 Å². The number of methoxy groups -OCH3 is 1. The molecule has 2 aromatic carbocycles. The van der Waals surface area contributed by atoms with Crippen molar-refractivity contribution in [3.05, 3.63) is 65.9 Å². The summed E-state index contributed by atoms with van der Waals surface area (Å²) in [5.41, 5.74) is 3.29. The summed E-state index contributed by atoms with van der Waals surface area (Å²) in [4.78, 5) is 8.84. The summed E-state index contributed by atoms with van der Waals surface area (Å²) in [5.74, 6) is 0.644. The van der Waals surface area contributed by atoms with Gasteiger partial charge in [0.25, 0.3) is 0 Å². The second kappa shape index (κ2) is 6.33. The standard InChI is InChI=1S/C17H17N3O/c1-21-12-14-6-4-5-13(9-14)10-18-17-19-11-15-7-2-3-8-16(15)20-17/h2-9,11H,10,12H2,1H3,(H,18,19,20). The fraction of sp³-hybridized carbons (Fsp3) is 0.176. The zero-order valence-electron chi connectivity index (χ0n) is 11.9. The van der Waals surface area contributed by atoms with Gasteiger partial charge in [-0.05, 0) is 17.2 Å². The monoisotopic (exact) mass is 279 g/mol. The number of ether oxygens (including phenoxy) is 1. The number of nitrogens with zero attached hydrogens (tertiary/aromatic N) is 2. The van der Waals surface area contributed by atoms with Crippen molar-refractivity contribution in [2.45, 2.75) is 13.2 Å². The summed E-state index contributed by atoms with van der Waals surface area (Å²) in [6, 6.07) is 16.2. The molecule has 4 heteroatoms. The Morgan fingerprint density at radius 3 is 2.81 bits per heavy atom. The van der Waals surface area contributed by atoms with E-state index in [1.54, 1.807) is 7.11 Å². The van der Waals surface area contributed by atoms with Gasteiger partial charge in [-0.2, -0.15) is 0 Å². The lowest BCUT2D eigenvalue weighted by Crippen LogP contribution is -2.04. The normalized spacial score (nSPS) is 10.7. The number of rotatable bonds is 5. The first kappa shape index (κ1) is 13.5. The molecule has 0 saturated heterocycles. The quantitative estimate of drug-likeness (QED) is 0.777. The lowest BCUT2D eigenvalue weighted by atomic mass is 10.1. The molecule has 0 aliphatic rings. The molecule has 0 spiro atoms. The van der Waals surface area contributed by atoms with Crippen molar-refractivity contribution in [3.8, 4) is 0 Å². The number of hydrogen-bond acceptors (Lipinski definition) is 4. The van der Waals surface area contributed by atoms with Crippen LogP contribution >= 0.6 is 0 Å². The fourth-order valence-corrected chi connectivity index (χ4v) is 2.23. The Morgan fingerprint density at radius 1 is 1.05 bits per heavy atom. The van der Waals surface area contributed by atoms with Crippen LogP contribution in [0, 0.1) is 0 Å². The van der Waals surface area contributed by atoms with E-state index in [0.717, 1.165) is 16.5 Å². The van der Waals surface area contributed by atoms with Gasteiger partial charge in [0, 0.05) is 25.2 Å². The lowest BCUT2D eigenvalue weighted by Gasteiger charge is -2.07. The predicted octanol–water partition coefficient (Wildman–Crippen LogP) is 3.39. The highest BCUT2D eigenvalue weighted by atomic mass is 16.5. The van der Waals surface area contributed by atoms with Gasteiger partial charge < -0.3 is 10.1 Å². The Morgan fingerprint density at radius 2 is 1.90 bits per heavy atom. The first-order valence-electron chi connectivity index (χ1n) is 6.87. The van der Waals surface area contributed by atoms with Crippen molar-refractivity contribution >= 4 is 16.9 Å². The number of anilines is 1. The Hall–Kier alpha value is -2.46. The molecule has 0 saturated carbocycles. The molecule has 0 amide bonds. The maximum Gasteiger partial charge on any atom is 0.223 e. The summed E-state index contributed by atoms with van der Waals surface area (Å²) in [6.45, 7) is 1.32. The summed E-state index contributed by atoms with van der Waals surface area (Å²) in [5, 5.41) is 4.31. The van der Waals surface area contributed by atoms with E-state index in [1.807, 2.05) is 36.5 Å². The molecule has 0 fully saturated rings. The van der Waals surface area contributed by atoms with E-state index < -0.39 is 0 Å². The molecule has 3 aromatic rings. The van der Waals surface area contributed by atoms with E-state index in [9.17, 15) is 0 Å². The summed E-state index contributed by atoms with van der Waals surface area (Å²) in [6.07, 6.45) is 1.84. The average molecular weight is 279 g/mol. The van der Waals surface area contributed by atoms with Crippen LogP contribution in [-0.4, -0.2) is 17.1 Å². The molecule has 0 radical (unpaired) electrons. The first-order valence-corrected chi connectivity index (χ1v) is 6.87. The van der Waals surface area contributed by atoms with Crippen molar-refractivity contribution in [1.82, 2.24) is 9.97 Å². The number of hydrogen-bond donors (Lipinski definition) is 1. The first-order chi connectivity index (χ1) is 10.3. The van der Waals surface area contributed by atoms with Gasteiger partial charge in [0.05, 0.1) is 12.1 Å². The third-order valence-corrected chi connectivity index (χ3v) is 3.24. The molecule has 106 valence electrons. The van der Waals surface area contributed by atoms with E-state index in [-0.39, 0.29) is 0 Å². The van der Waals surface area contributed by atoms with E-state index in [4.69, 9.17) is 4.74 Å². The van der Waals surface area contributed by atoms with Crippen molar-refractivity contribution < 1.29 is 4.74 Å². The highest BCUT2D eigenvalue weighted by Crippen LogP contribution is 2.13. The summed E-state index contributed by atoms with van der Waals surface area (Å²) < 4.78 is 5.15. The maximum absolute atomic E-state index is 5.15. The van der Waals surface area contributed by atoms with Gasteiger partial charge in [0.15, 0.2) is 0 Å². The highest BCUT2D eigenvalue weighted by Gasteiger charge is 2.00. The van der Waals surface area contributed by atoms with Crippen LogP contribution in [0.5, 0.6) is 0 Å². The Kier molecular flexibility index (Phi) is 4.07. The molecule has 1 aromatic heterocycles. The van der Waals surface area contributed by atoms with Gasteiger partial charge in [-0.15, -0.1) is 0 Å². The van der Waals surface area contributed by atoms with Gasteiger partial charge in [-0.25, -0.2) is 9.97 Å². The molecule has 21 heavy (non-hydrogen) atoms. The molecular formula is C17H17N3O. The smallest absolute Gasteiger partial charge is 0.223 e. The molecule has 3 rings (SSSR count). The molecule has 1 N–H and O–H groups in total. The second-order valence-electron chi connectivity index (χ2n) is 4.86. The minimum absolute atomic E-state index is 0.625. The number of benzene rings is 2. The largest absolute Gasteiger partial charge is 0.380 e. The van der Waals surface area contributed by atoms with Crippen molar-refractivity contribution in [1.29, 1.82) is 0 Å². The SMILES string of the molecule is COCc1cccc(CNc2ncc3ccccc3n2)c1. The topological polar surface area (TPSA) is 47.0 Å². The maximum atomic E-state index is 5.15. The Labute approximate surface area is 123 Å². The van der Waals surface area contributed by atoms with Gasteiger partial charge in [0.2, 0.25) is 5.95 Å². The molecule has 0 unspecified atom stereocenters.